The maximum absolute atomic E-state index is 10.9. The van der Waals surface area contributed by atoms with Crippen molar-refractivity contribution in [3.05, 3.63) is 24.3 Å². The highest BCUT2D eigenvalue weighted by Crippen LogP contribution is 2.26. The molecule has 0 spiro atoms. The molecule has 2 N–H and O–H groups in total. The summed E-state index contributed by atoms with van der Waals surface area (Å²) in [7, 11) is 1.61. The average Bonchev–Trinajstić information content (AvgIpc) is 2.45. The lowest BCUT2D eigenvalue weighted by atomic mass is 10.2. The summed E-state index contributed by atoms with van der Waals surface area (Å²) in [5, 5.41) is 0. The number of hydrogen-bond donors (Lipinski definition) is 1. The van der Waals surface area contributed by atoms with Gasteiger partial charge in [-0.2, -0.15) is 0 Å². The number of carbonyl (C=O) groups excluding carboxylic acids is 1. The van der Waals surface area contributed by atoms with Crippen molar-refractivity contribution >= 4 is 5.91 Å². The summed E-state index contributed by atoms with van der Waals surface area (Å²) < 4.78 is 16.6. The summed E-state index contributed by atoms with van der Waals surface area (Å²) in [6.45, 7) is 2.60. The van der Waals surface area contributed by atoms with Gasteiger partial charge >= 0.3 is 0 Å². The SMILES string of the molecule is COc1ccccc1OCC1CN(CC(N)=O)CCO1. The first-order chi connectivity index (χ1) is 9.69. The molecule has 1 fully saturated rings. The minimum atomic E-state index is -0.323. The number of amides is 1. The van der Waals surface area contributed by atoms with Gasteiger partial charge in [0.05, 0.1) is 20.3 Å². The molecule has 0 saturated carbocycles. The Morgan fingerprint density at radius 2 is 2.20 bits per heavy atom. The third-order valence-electron chi connectivity index (χ3n) is 3.10. The van der Waals surface area contributed by atoms with Crippen LogP contribution in [0.25, 0.3) is 0 Å². The molecular formula is C14H20N2O4. The molecule has 1 atom stereocenters. The van der Waals surface area contributed by atoms with Gasteiger partial charge in [0.15, 0.2) is 11.5 Å². The van der Waals surface area contributed by atoms with Gasteiger partial charge in [-0.25, -0.2) is 0 Å². The predicted molar refractivity (Wildman–Crippen MR) is 73.9 cm³/mol. The minimum Gasteiger partial charge on any atom is -0.493 e. The lowest BCUT2D eigenvalue weighted by molar-refractivity contribution is -0.121. The van der Waals surface area contributed by atoms with Crippen molar-refractivity contribution in [2.24, 2.45) is 5.73 Å². The van der Waals surface area contributed by atoms with Crippen LogP contribution in [-0.2, 0) is 9.53 Å². The van der Waals surface area contributed by atoms with Crippen LogP contribution >= 0.6 is 0 Å². The van der Waals surface area contributed by atoms with E-state index in [1.807, 2.05) is 29.2 Å². The molecule has 1 aromatic carbocycles. The molecule has 0 bridgehead atoms. The molecule has 1 amide bonds. The lowest BCUT2D eigenvalue weighted by Crippen LogP contribution is -2.47. The summed E-state index contributed by atoms with van der Waals surface area (Å²) in [5.74, 6) is 1.05. The number of primary amides is 1. The summed E-state index contributed by atoms with van der Waals surface area (Å²) in [5.41, 5.74) is 5.20. The van der Waals surface area contributed by atoms with Crippen LogP contribution in [0.5, 0.6) is 11.5 Å². The quantitative estimate of drug-likeness (QED) is 0.809. The van der Waals surface area contributed by atoms with Crippen LogP contribution in [0, 0.1) is 0 Å². The largest absolute Gasteiger partial charge is 0.493 e. The first-order valence-corrected chi connectivity index (χ1v) is 6.57. The Morgan fingerprint density at radius 1 is 1.45 bits per heavy atom. The van der Waals surface area contributed by atoms with Crippen molar-refractivity contribution in [1.29, 1.82) is 0 Å². The van der Waals surface area contributed by atoms with Gasteiger partial charge in [-0.3, -0.25) is 9.69 Å². The van der Waals surface area contributed by atoms with Crippen LogP contribution in [-0.4, -0.2) is 56.9 Å². The lowest BCUT2D eigenvalue weighted by Gasteiger charge is -2.31. The topological polar surface area (TPSA) is 74.0 Å². The Kier molecular flexibility index (Phi) is 5.20. The Hall–Kier alpha value is -1.79. The van der Waals surface area contributed by atoms with Gasteiger partial charge in [0.1, 0.15) is 12.7 Å². The maximum atomic E-state index is 10.9. The van der Waals surface area contributed by atoms with E-state index >= 15 is 0 Å². The number of carbonyl (C=O) groups is 1. The standard InChI is InChI=1S/C14H20N2O4/c1-18-12-4-2-3-5-13(12)20-10-11-8-16(6-7-19-11)9-14(15)17/h2-5,11H,6-10H2,1H3,(H2,15,17). The van der Waals surface area contributed by atoms with Gasteiger partial charge in [0.2, 0.25) is 5.91 Å². The zero-order valence-corrected chi connectivity index (χ0v) is 11.6. The number of nitrogens with two attached hydrogens (primary N) is 1. The second-order valence-corrected chi connectivity index (χ2v) is 4.66. The molecule has 110 valence electrons. The molecule has 1 aliphatic heterocycles. The van der Waals surface area contributed by atoms with E-state index in [1.54, 1.807) is 7.11 Å². The molecule has 6 heteroatoms. The zero-order valence-electron chi connectivity index (χ0n) is 11.6. The summed E-state index contributed by atoms with van der Waals surface area (Å²) >= 11 is 0. The van der Waals surface area contributed by atoms with Crippen LogP contribution in [0.15, 0.2) is 24.3 Å². The van der Waals surface area contributed by atoms with Crippen LogP contribution in [0.4, 0.5) is 0 Å². The Labute approximate surface area is 118 Å². The van der Waals surface area contributed by atoms with Crippen molar-refractivity contribution in [3.8, 4) is 11.5 Å². The molecule has 1 heterocycles. The number of nitrogens with zero attached hydrogens (tertiary/aromatic N) is 1. The van der Waals surface area contributed by atoms with Crippen LogP contribution in [0.3, 0.4) is 0 Å². The van der Waals surface area contributed by atoms with E-state index in [0.29, 0.717) is 37.8 Å². The highest BCUT2D eigenvalue weighted by Gasteiger charge is 2.22. The number of morpholine rings is 1. The fourth-order valence-electron chi connectivity index (χ4n) is 2.17. The van der Waals surface area contributed by atoms with Crippen molar-refractivity contribution in [1.82, 2.24) is 4.90 Å². The van der Waals surface area contributed by atoms with E-state index in [-0.39, 0.29) is 18.6 Å². The molecular weight excluding hydrogens is 260 g/mol. The Morgan fingerprint density at radius 3 is 2.90 bits per heavy atom. The fourth-order valence-corrected chi connectivity index (χ4v) is 2.17. The molecule has 1 unspecified atom stereocenters. The van der Waals surface area contributed by atoms with Crippen molar-refractivity contribution < 1.29 is 19.0 Å². The van der Waals surface area contributed by atoms with E-state index in [1.165, 1.54) is 0 Å². The van der Waals surface area contributed by atoms with Crippen LogP contribution in [0.2, 0.25) is 0 Å². The molecule has 6 nitrogen and oxygen atoms in total. The first-order valence-electron chi connectivity index (χ1n) is 6.57. The van der Waals surface area contributed by atoms with Crippen LogP contribution in [0.1, 0.15) is 0 Å². The molecule has 1 aromatic rings. The third kappa shape index (κ3) is 4.11. The second-order valence-electron chi connectivity index (χ2n) is 4.66. The summed E-state index contributed by atoms with van der Waals surface area (Å²) in [6.07, 6.45) is -0.0759. The molecule has 0 radical (unpaired) electrons. The number of benzene rings is 1. The number of para-hydroxylation sites is 2. The van der Waals surface area contributed by atoms with E-state index in [9.17, 15) is 4.79 Å². The van der Waals surface area contributed by atoms with Gasteiger partial charge < -0.3 is 19.9 Å². The van der Waals surface area contributed by atoms with Crippen LogP contribution < -0.4 is 15.2 Å². The number of methoxy groups -OCH3 is 1. The molecule has 1 aliphatic rings. The molecule has 0 aliphatic carbocycles. The van der Waals surface area contributed by atoms with E-state index < -0.39 is 0 Å². The smallest absolute Gasteiger partial charge is 0.231 e. The van der Waals surface area contributed by atoms with Crippen molar-refractivity contribution in [2.75, 3.05) is 40.0 Å². The third-order valence-corrected chi connectivity index (χ3v) is 3.10. The van der Waals surface area contributed by atoms with Gasteiger partial charge in [-0.1, -0.05) is 12.1 Å². The monoisotopic (exact) mass is 280 g/mol. The summed E-state index contributed by atoms with van der Waals surface area (Å²) in [6, 6.07) is 7.47. The van der Waals surface area contributed by atoms with Gasteiger partial charge in [0.25, 0.3) is 0 Å². The molecule has 1 saturated heterocycles. The highest BCUT2D eigenvalue weighted by molar-refractivity contribution is 5.75. The Bertz CT molecular complexity index is 453. The zero-order chi connectivity index (χ0) is 14.4. The summed E-state index contributed by atoms with van der Waals surface area (Å²) in [4.78, 5) is 12.9. The normalized spacial score (nSPS) is 19.6. The van der Waals surface area contributed by atoms with Gasteiger partial charge in [-0.05, 0) is 12.1 Å². The second kappa shape index (κ2) is 7.12. The van der Waals surface area contributed by atoms with E-state index in [2.05, 4.69) is 0 Å². The van der Waals surface area contributed by atoms with E-state index in [0.717, 1.165) is 0 Å². The predicted octanol–water partition coefficient (Wildman–Crippen LogP) is 0.260. The minimum absolute atomic E-state index is 0.0759. The van der Waals surface area contributed by atoms with Gasteiger partial charge in [-0.15, -0.1) is 0 Å². The molecule has 20 heavy (non-hydrogen) atoms. The Balaban J connectivity index is 1.85. The van der Waals surface area contributed by atoms with Gasteiger partial charge in [0, 0.05) is 13.1 Å². The number of ether oxygens (including phenoxy) is 3. The van der Waals surface area contributed by atoms with Crippen molar-refractivity contribution in [2.45, 2.75) is 6.10 Å². The average molecular weight is 280 g/mol. The van der Waals surface area contributed by atoms with E-state index in [4.69, 9.17) is 19.9 Å². The fraction of sp³-hybridized carbons (Fsp3) is 0.500. The maximum Gasteiger partial charge on any atom is 0.231 e. The first kappa shape index (κ1) is 14.6. The number of rotatable bonds is 6. The highest BCUT2D eigenvalue weighted by atomic mass is 16.5. The number of hydrogen-bond acceptors (Lipinski definition) is 5. The van der Waals surface area contributed by atoms with Crippen molar-refractivity contribution in [3.63, 3.8) is 0 Å². The molecule has 2 rings (SSSR count). The molecule has 0 aromatic heterocycles.